The van der Waals surface area contributed by atoms with Crippen molar-refractivity contribution in [1.29, 1.82) is 0 Å². The molecule has 0 atom stereocenters. The number of nitro groups is 1. The molecule has 4 rings (SSSR count). The van der Waals surface area contributed by atoms with E-state index in [0.717, 1.165) is 5.69 Å². The third kappa shape index (κ3) is 6.12. The van der Waals surface area contributed by atoms with Crippen LogP contribution in [0.25, 0.3) is 0 Å². The van der Waals surface area contributed by atoms with Crippen molar-refractivity contribution < 1.29 is 14.5 Å². The van der Waals surface area contributed by atoms with Crippen molar-refractivity contribution >= 4 is 52.1 Å². The molecule has 2 aromatic carbocycles. The van der Waals surface area contributed by atoms with Gasteiger partial charge in [-0.2, -0.15) is 0 Å². The van der Waals surface area contributed by atoms with Gasteiger partial charge in [-0.25, -0.2) is 9.97 Å². The van der Waals surface area contributed by atoms with Gasteiger partial charge in [0.25, 0.3) is 5.91 Å². The van der Waals surface area contributed by atoms with Crippen molar-refractivity contribution in [3.63, 3.8) is 0 Å². The number of nitrogens with zero attached hydrogens (tertiary/aromatic N) is 5. The number of carbonyl (C=O) groups excluding carboxylic acids is 1. The van der Waals surface area contributed by atoms with Crippen LogP contribution in [0.1, 0.15) is 11.1 Å². The molecule has 1 amide bonds. The molecular formula is C24H25Cl2N7O4. The largest absolute Gasteiger partial charge is 0.482 e. The number of rotatable bonds is 8. The Bertz CT molecular complexity index is 1320. The van der Waals surface area contributed by atoms with Gasteiger partial charge in [0, 0.05) is 36.9 Å². The fraction of sp³-hybridized carbons (Fsp3) is 0.292. The van der Waals surface area contributed by atoms with Crippen LogP contribution in [0.2, 0.25) is 10.0 Å². The van der Waals surface area contributed by atoms with E-state index in [1.807, 2.05) is 11.0 Å². The van der Waals surface area contributed by atoms with Crippen LogP contribution in [-0.2, 0) is 4.79 Å². The smallest absolute Gasteiger partial charge is 0.355 e. The summed E-state index contributed by atoms with van der Waals surface area (Å²) in [7, 11) is 0. The molecule has 11 nitrogen and oxygen atoms in total. The fourth-order valence-corrected chi connectivity index (χ4v) is 4.46. The zero-order valence-electron chi connectivity index (χ0n) is 20.2. The van der Waals surface area contributed by atoms with Crippen molar-refractivity contribution in [2.24, 2.45) is 0 Å². The summed E-state index contributed by atoms with van der Waals surface area (Å²) in [5.74, 6) is -0.273. The number of benzene rings is 2. The molecule has 0 saturated carbocycles. The van der Waals surface area contributed by atoms with Crippen LogP contribution in [0.3, 0.4) is 0 Å². The fourth-order valence-electron chi connectivity index (χ4n) is 4.00. The van der Waals surface area contributed by atoms with E-state index in [1.165, 1.54) is 29.6 Å². The number of aryl methyl sites for hydroxylation is 1. The first-order valence-electron chi connectivity index (χ1n) is 11.4. The second-order valence-electron chi connectivity index (χ2n) is 8.38. The first kappa shape index (κ1) is 26.2. The highest BCUT2D eigenvalue weighted by Gasteiger charge is 2.30. The predicted octanol–water partition coefficient (Wildman–Crippen LogP) is 4.16. The summed E-state index contributed by atoms with van der Waals surface area (Å²) in [5, 5.41) is 12.6. The lowest BCUT2D eigenvalue weighted by Gasteiger charge is -2.37. The predicted molar refractivity (Wildman–Crippen MR) is 143 cm³/mol. The molecule has 0 aliphatic carbocycles. The second-order valence-corrected chi connectivity index (χ2v) is 9.22. The Morgan fingerprint density at radius 3 is 2.54 bits per heavy atom. The maximum absolute atomic E-state index is 12.3. The number of aromatic nitrogens is 2. The Morgan fingerprint density at radius 2 is 1.84 bits per heavy atom. The van der Waals surface area contributed by atoms with E-state index in [-0.39, 0.29) is 34.7 Å². The lowest BCUT2D eigenvalue weighted by Crippen LogP contribution is -2.47. The zero-order valence-corrected chi connectivity index (χ0v) is 21.7. The molecule has 0 unspecified atom stereocenters. The first-order chi connectivity index (χ1) is 17.7. The van der Waals surface area contributed by atoms with E-state index in [2.05, 4.69) is 51.7 Å². The van der Waals surface area contributed by atoms with E-state index in [4.69, 9.17) is 27.9 Å². The summed E-state index contributed by atoms with van der Waals surface area (Å²) in [6, 6.07) is 10.8. The number of halogens is 2. The molecule has 3 aromatic rings. The highest BCUT2D eigenvalue weighted by Crippen LogP contribution is 2.33. The number of anilines is 3. The Balaban J connectivity index is 1.41. The molecule has 1 aliphatic rings. The van der Waals surface area contributed by atoms with Gasteiger partial charge < -0.3 is 14.5 Å². The number of hydrazine groups is 1. The molecule has 1 saturated heterocycles. The van der Waals surface area contributed by atoms with Crippen LogP contribution in [0.5, 0.6) is 5.75 Å². The van der Waals surface area contributed by atoms with Gasteiger partial charge in [0.2, 0.25) is 11.6 Å². The van der Waals surface area contributed by atoms with Gasteiger partial charge >= 0.3 is 5.69 Å². The molecule has 1 aliphatic heterocycles. The molecule has 37 heavy (non-hydrogen) atoms. The number of ether oxygens (including phenoxy) is 1. The summed E-state index contributed by atoms with van der Waals surface area (Å²) < 4.78 is 5.38. The molecule has 0 bridgehead atoms. The highest BCUT2D eigenvalue weighted by atomic mass is 35.5. The lowest BCUT2D eigenvalue weighted by molar-refractivity contribution is -0.383. The van der Waals surface area contributed by atoms with Crippen molar-refractivity contribution in [2.75, 3.05) is 48.0 Å². The Kier molecular flexibility index (Phi) is 8.14. The average molecular weight is 546 g/mol. The molecule has 0 spiro atoms. The summed E-state index contributed by atoms with van der Waals surface area (Å²) in [4.78, 5) is 35.9. The van der Waals surface area contributed by atoms with Crippen molar-refractivity contribution in [3.8, 4) is 5.75 Å². The van der Waals surface area contributed by atoms with Crippen LogP contribution in [-0.4, -0.2) is 53.6 Å². The van der Waals surface area contributed by atoms with E-state index in [0.29, 0.717) is 31.2 Å². The minimum atomic E-state index is -0.595. The third-order valence-electron chi connectivity index (χ3n) is 6.05. The Morgan fingerprint density at radius 1 is 1.11 bits per heavy atom. The number of piperazine rings is 1. The van der Waals surface area contributed by atoms with Gasteiger partial charge in [0.05, 0.1) is 9.95 Å². The zero-order chi connectivity index (χ0) is 26.5. The summed E-state index contributed by atoms with van der Waals surface area (Å²) in [5.41, 5.74) is 8.14. The van der Waals surface area contributed by atoms with Crippen LogP contribution in [0, 0.1) is 24.0 Å². The molecule has 1 aromatic heterocycles. The van der Waals surface area contributed by atoms with E-state index >= 15 is 0 Å². The normalized spacial score (nSPS) is 13.3. The number of amides is 1. The number of hydrogen-bond acceptors (Lipinski definition) is 9. The first-order valence-corrected chi connectivity index (χ1v) is 12.2. The number of nitrogens with one attached hydrogen (secondary N) is 2. The Labute approximate surface area is 223 Å². The molecule has 13 heteroatoms. The minimum absolute atomic E-state index is 0.134. The minimum Gasteiger partial charge on any atom is -0.482 e. The quantitative estimate of drug-likeness (QED) is 0.317. The van der Waals surface area contributed by atoms with Crippen LogP contribution in [0.4, 0.5) is 23.0 Å². The van der Waals surface area contributed by atoms with Crippen molar-refractivity contribution in [1.82, 2.24) is 15.4 Å². The van der Waals surface area contributed by atoms with E-state index in [1.54, 1.807) is 6.07 Å². The van der Waals surface area contributed by atoms with Gasteiger partial charge in [-0.3, -0.25) is 25.8 Å². The average Bonchev–Trinajstić information content (AvgIpc) is 2.88. The molecule has 2 heterocycles. The van der Waals surface area contributed by atoms with Crippen LogP contribution >= 0.6 is 23.2 Å². The third-order valence-corrected chi connectivity index (χ3v) is 6.58. The SMILES string of the molecule is Cc1cccc(N2CCN(c3ncnc(NNC(=O)COc4ccc(Cl)cc4Cl)c3[N+](=O)[O-])CC2)c1C. The Hall–Kier alpha value is -3.83. The lowest BCUT2D eigenvalue weighted by atomic mass is 10.1. The number of hydrogen-bond donors (Lipinski definition) is 2. The number of carbonyl (C=O) groups is 1. The molecule has 2 N–H and O–H groups in total. The van der Waals surface area contributed by atoms with Gasteiger partial charge in [-0.05, 0) is 49.2 Å². The molecular weight excluding hydrogens is 521 g/mol. The maximum Gasteiger partial charge on any atom is 0.355 e. The second kappa shape index (κ2) is 11.5. The topological polar surface area (TPSA) is 126 Å². The van der Waals surface area contributed by atoms with Gasteiger partial charge in [-0.15, -0.1) is 0 Å². The van der Waals surface area contributed by atoms with Crippen LogP contribution in [0.15, 0.2) is 42.7 Å². The summed E-state index contributed by atoms with van der Waals surface area (Å²) in [6.07, 6.45) is 1.22. The van der Waals surface area contributed by atoms with Crippen molar-refractivity contribution in [3.05, 3.63) is 74.0 Å². The van der Waals surface area contributed by atoms with Gasteiger partial charge in [0.1, 0.15) is 12.1 Å². The molecule has 194 valence electrons. The van der Waals surface area contributed by atoms with Crippen molar-refractivity contribution in [2.45, 2.75) is 13.8 Å². The van der Waals surface area contributed by atoms with Gasteiger partial charge in [-0.1, -0.05) is 35.3 Å². The molecule has 0 radical (unpaired) electrons. The monoisotopic (exact) mass is 545 g/mol. The summed E-state index contributed by atoms with van der Waals surface area (Å²) in [6.45, 7) is 6.20. The highest BCUT2D eigenvalue weighted by molar-refractivity contribution is 6.35. The molecule has 1 fully saturated rings. The van der Waals surface area contributed by atoms with Crippen LogP contribution < -0.4 is 25.4 Å². The standard InChI is InChI=1S/C24H25Cl2N7O4/c1-15-4-3-5-19(16(15)2)31-8-10-32(11-9-31)24-22(33(35)36)23(27-14-28-24)30-29-21(34)13-37-20-7-6-17(25)12-18(20)26/h3-7,12,14H,8-11,13H2,1-2H3,(H,29,34)(H,27,28,30). The maximum atomic E-state index is 12.3. The summed E-state index contributed by atoms with van der Waals surface area (Å²) >= 11 is 11.9. The van der Waals surface area contributed by atoms with E-state index in [9.17, 15) is 14.9 Å². The van der Waals surface area contributed by atoms with E-state index < -0.39 is 10.8 Å². The van der Waals surface area contributed by atoms with Gasteiger partial charge in [0.15, 0.2) is 6.61 Å².